The fourth-order valence-electron chi connectivity index (χ4n) is 3.78. The molecule has 1 aliphatic heterocycles. The van der Waals surface area contributed by atoms with E-state index in [1.54, 1.807) is 0 Å². The summed E-state index contributed by atoms with van der Waals surface area (Å²) < 4.78 is 1.88. The monoisotopic (exact) mass is 375 g/mol. The second kappa shape index (κ2) is 8.67. The molecule has 0 aliphatic carbocycles. The summed E-state index contributed by atoms with van der Waals surface area (Å²) in [5.74, 6) is 0. The highest BCUT2D eigenvalue weighted by Gasteiger charge is 2.13. The van der Waals surface area contributed by atoms with Gasteiger partial charge in [0.1, 0.15) is 0 Å². The van der Waals surface area contributed by atoms with Crippen LogP contribution in [0.5, 0.6) is 0 Å². The maximum absolute atomic E-state index is 4.37. The van der Waals surface area contributed by atoms with E-state index < -0.39 is 0 Å². The van der Waals surface area contributed by atoms with E-state index in [9.17, 15) is 0 Å². The molecule has 146 valence electrons. The summed E-state index contributed by atoms with van der Waals surface area (Å²) >= 11 is 0. The molecule has 0 unspecified atom stereocenters. The Bertz CT molecular complexity index is 891. The number of nitrogens with zero attached hydrogens (tertiary/aromatic N) is 5. The van der Waals surface area contributed by atoms with Gasteiger partial charge < -0.3 is 9.80 Å². The van der Waals surface area contributed by atoms with Crippen LogP contribution >= 0.6 is 0 Å². The fraction of sp³-hybridized carbons (Fsp3) is 0.391. The van der Waals surface area contributed by atoms with Gasteiger partial charge in [0.25, 0.3) is 0 Å². The van der Waals surface area contributed by atoms with Gasteiger partial charge in [-0.25, -0.2) is 4.68 Å². The lowest BCUT2D eigenvalue weighted by Crippen LogP contribution is -2.44. The summed E-state index contributed by atoms with van der Waals surface area (Å²) in [5, 5.41) is 8.70. The molecule has 0 atom stereocenters. The Morgan fingerprint density at radius 1 is 0.929 bits per heavy atom. The van der Waals surface area contributed by atoms with Crippen LogP contribution in [0.25, 0.3) is 16.8 Å². The average Bonchev–Trinajstić information content (AvgIpc) is 3.19. The summed E-state index contributed by atoms with van der Waals surface area (Å²) in [6.07, 6.45) is 4.18. The predicted octanol–water partition coefficient (Wildman–Crippen LogP) is 3.42. The Kier molecular flexibility index (Phi) is 5.84. The zero-order chi connectivity index (χ0) is 19.3. The molecule has 5 heteroatoms. The molecule has 0 radical (unpaired) electrons. The number of rotatable bonds is 6. The number of piperazine rings is 1. The molecule has 0 N–H and O–H groups in total. The largest absolute Gasteiger partial charge is 0.304 e. The first kappa shape index (κ1) is 18.8. The summed E-state index contributed by atoms with van der Waals surface area (Å²) in [7, 11) is 2.20. The number of benzene rings is 2. The Hall–Kier alpha value is -2.50. The van der Waals surface area contributed by atoms with Gasteiger partial charge in [0.05, 0.1) is 17.6 Å². The first-order chi connectivity index (χ1) is 13.7. The Morgan fingerprint density at radius 3 is 2.43 bits per heavy atom. The highest BCUT2D eigenvalue weighted by Crippen LogP contribution is 2.24. The van der Waals surface area contributed by atoms with Crippen molar-refractivity contribution in [2.24, 2.45) is 0 Å². The predicted molar refractivity (Wildman–Crippen MR) is 114 cm³/mol. The van der Waals surface area contributed by atoms with E-state index in [0.29, 0.717) is 0 Å². The topological polar surface area (TPSA) is 37.2 Å². The first-order valence-electron chi connectivity index (χ1n) is 10.2. The summed E-state index contributed by atoms with van der Waals surface area (Å²) in [5.41, 5.74) is 5.91. The zero-order valence-corrected chi connectivity index (χ0v) is 16.9. The zero-order valence-electron chi connectivity index (χ0n) is 16.9. The molecule has 5 nitrogen and oxygen atoms in total. The Balaban J connectivity index is 1.34. The smallest absolute Gasteiger partial charge is 0.0832 e. The molecule has 4 rings (SSSR count). The SMILES string of the molecule is Cc1ccccc1-c1ccc(-n2cc(CCCN3CCN(C)CC3)nn2)cc1. The lowest BCUT2D eigenvalue weighted by Gasteiger charge is -2.32. The van der Waals surface area contributed by atoms with E-state index in [4.69, 9.17) is 0 Å². The Morgan fingerprint density at radius 2 is 1.68 bits per heavy atom. The standard InChI is InChI=1S/C23H29N5/c1-19-6-3-4-8-23(19)20-9-11-22(12-10-20)28-18-21(24-25-28)7-5-13-27-16-14-26(2)15-17-27/h3-4,6,8-12,18H,5,7,13-17H2,1-2H3. The van der Waals surface area contributed by atoms with Gasteiger partial charge in [0.15, 0.2) is 0 Å². The fourth-order valence-corrected chi connectivity index (χ4v) is 3.78. The van der Waals surface area contributed by atoms with Crippen LogP contribution in [0.3, 0.4) is 0 Å². The minimum absolute atomic E-state index is 0.980. The third-order valence-electron chi connectivity index (χ3n) is 5.63. The maximum Gasteiger partial charge on any atom is 0.0832 e. The second-order valence-electron chi connectivity index (χ2n) is 7.76. The molecular weight excluding hydrogens is 346 g/mol. The van der Waals surface area contributed by atoms with Crippen LogP contribution in [0.1, 0.15) is 17.7 Å². The van der Waals surface area contributed by atoms with Crippen molar-refractivity contribution in [2.75, 3.05) is 39.8 Å². The van der Waals surface area contributed by atoms with Crippen LogP contribution in [-0.2, 0) is 6.42 Å². The maximum atomic E-state index is 4.37. The number of hydrogen-bond donors (Lipinski definition) is 0. The minimum atomic E-state index is 0.980. The van der Waals surface area contributed by atoms with E-state index in [1.165, 1.54) is 42.9 Å². The van der Waals surface area contributed by atoms with Gasteiger partial charge in [0.2, 0.25) is 0 Å². The van der Waals surface area contributed by atoms with Gasteiger partial charge in [-0.1, -0.05) is 41.6 Å². The van der Waals surface area contributed by atoms with Crippen LogP contribution in [0.15, 0.2) is 54.7 Å². The van der Waals surface area contributed by atoms with Crippen molar-refractivity contribution in [1.29, 1.82) is 0 Å². The van der Waals surface area contributed by atoms with Crippen molar-refractivity contribution in [3.63, 3.8) is 0 Å². The minimum Gasteiger partial charge on any atom is -0.304 e. The highest BCUT2D eigenvalue weighted by molar-refractivity contribution is 5.67. The first-order valence-corrected chi connectivity index (χ1v) is 10.2. The third kappa shape index (κ3) is 4.49. The molecule has 1 aromatic heterocycles. The van der Waals surface area contributed by atoms with Crippen molar-refractivity contribution in [3.8, 4) is 16.8 Å². The number of likely N-dealkylation sites (N-methyl/N-ethyl adjacent to an activating group) is 1. The van der Waals surface area contributed by atoms with E-state index >= 15 is 0 Å². The third-order valence-corrected chi connectivity index (χ3v) is 5.63. The number of aromatic nitrogens is 3. The van der Waals surface area contributed by atoms with Crippen LogP contribution in [0, 0.1) is 6.92 Å². The lowest BCUT2D eigenvalue weighted by molar-refractivity contribution is 0.153. The van der Waals surface area contributed by atoms with Crippen molar-refractivity contribution >= 4 is 0 Å². The van der Waals surface area contributed by atoms with Crippen molar-refractivity contribution in [1.82, 2.24) is 24.8 Å². The molecule has 0 bridgehead atoms. The van der Waals surface area contributed by atoms with Crippen LogP contribution in [0.2, 0.25) is 0 Å². The molecule has 0 spiro atoms. The van der Waals surface area contributed by atoms with Crippen molar-refractivity contribution < 1.29 is 0 Å². The molecule has 1 saturated heterocycles. The molecule has 0 saturated carbocycles. The van der Waals surface area contributed by atoms with E-state index in [0.717, 1.165) is 30.8 Å². The van der Waals surface area contributed by atoms with Crippen LogP contribution in [0.4, 0.5) is 0 Å². The van der Waals surface area contributed by atoms with Gasteiger partial charge in [-0.05, 0) is 62.2 Å². The van der Waals surface area contributed by atoms with Gasteiger partial charge >= 0.3 is 0 Å². The molecule has 2 aromatic carbocycles. The van der Waals surface area contributed by atoms with Gasteiger partial charge in [0, 0.05) is 26.2 Å². The molecule has 3 aromatic rings. The van der Waals surface area contributed by atoms with Crippen LogP contribution in [-0.4, -0.2) is 64.6 Å². The molecule has 28 heavy (non-hydrogen) atoms. The molecule has 2 heterocycles. The normalized spacial score (nSPS) is 15.8. The molecule has 1 aliphatic rings. The highest BCUT2D eigenvalue weighted by atomic mass is 15.4. The van der Waals surface area contributed by atoms with E-state index in [1.807, 2.05) is 4.68 Å². The molecular formula is C23H29N5. The van der Waals surface area contributed by atoms with Gasteiger partial charge in [-0.3, -0.25) is 0 Å². The van der Waals surface area contributed by atoms with E-state index in [2.05, 4.69) is 88.8 Å². The van der Waals surface area contributed by atoms with Gasteiger partial charge in [-0.15, -0.1) is 5.10 Å². The summed E-state index contributed by atoms with van der Waals surface area (Å²) in [6.45, 7) is 8.00. The summed E-state index contributed by atoms with van der Waals surface area (Å²) in [4.78, 5) is 4.95. The number of hydrogen-bond acceptors (Lipinski definition) is 4. The summed E-state index contributed by atoms with van der Waals surface area (Å²) in [6, 6.07) is 17.0. The van der Waals surface area contributed by atoms with Crippen molar-refractivity contribution in [2.45, 2.75) is 19.8 Å². The lowest BCUT2D eigenvalue weighted by atomic mass is 10.0. The molecule has 1 fully saturated rings. The van der Waals surface area contributed by atoms with Crippen LogP contribution < -0.4 is 0 Å². The van der Waals surface area contributed by atoms with Gasteiger partial charge in [-0.2, -0.15) is 0 Å². The van der Waals surface area contributed by atoms with E-state index in [-0.39, 0.29) is 0 Å². The second-order valence-corrected chi connectivity index (χ2v) is 7.76. The molecule has 0 amide bonds. The number of aryl methyl sites for hydroxylation is 2. The Labute approximate surface area is 167 Å². The quantitative estimate of drug-likeness (QED) is 0.662. The average molecular weight is 376 g/mol. The van der Waals surface area contributed by atoms with Crippen molar-refractivity contribution in [3.05, 3.63) is 66.0 Å².